The Morgan fingerprint density at radius 3 is 2.50 bits per heavy atom. The monoisotopic (exact) mass is 790 g/mol. The summed E-state index contributed by atoms with van der Waals surface area (Å²) in [5.41, 5.74) is 10.8. The number of benzene rings is 2. The van der Waals surface area contributed by atoms with Crippen LogP contribution in [0.15, 0.2) is 75.5 Å². The van der Waals surface area contributed by atoms with Crippen LogP contribution in [-0.4, -0.2) is 91.8 Å². The molecule has 5 rings (SSSR count). The largest absolute Gasteiger partial charge is 0.463 e. The number of hydrogen-bond acceptors (Lipinski definition) is 11. The summed E-state index contributed by atoms with van der Waals surface area (Å²) in [5, 5.41) is 20.9. The number of hydrogen-bond donors (Lipinski definition) is 4. The van der Waals surface area contributed by atoms with Crippen molar-refractivity contribution >= 4 is 35.5 Å². The molecule has 2 aliphatic heterocycles. The van der Waals surface area contributed by atoms with Crippen LogP contribution in [0, 0.1) is 25.7 Å². The van der Waals surface area contributed by atoms with E-state index in [0.717, 1.165) is 16.7 Å². The predicted octanol–water partition coefficient (Wildman–Crippen LogP) is 2.24. The fourth-order valence-corrected chi connectivity index (χ4v) is 7.67. The number of aromatic amines is 1. The summed E-state index contributed by atoms with van der Waals surface area (Å²) in [6, 6.07) is 13.9. The number of rotatable bonds is 15. The van der Waals surface area contributed by atoms with E-state index in [1.165, 1.54) is 48.2 Å². The average molecular weight is 791 g/mol. The summed E-state index contributed by atoms with van der Waals surface area (Å²) in [6.07, 6.45) is -2.07. The molecule has 0 bridgehead atoms. The molecule has 2 aliphatic rings. The number of azide groups is 1. The number of esters is 1. The highest BCUT2D eigenvalue weighted by Gasteiger charge is 2.41. The number of aliphatic hydroxyl groups excluding tert-OH is 1. The van der Waals surface area contributed by atoms with E-state index in [4.69, 9.17) is 15.0 Å². The number of nitrogens with zero attached hydrogens (tertiary/aromatic N) is 5. The molecule has 2 saturated heterocycles. The van der Waals surface area contributed by atoms with Crippen LogP contribution in [0.2, 0.25) is 0 Å². The first-order valence-corrected chi connectivity index (χ1v) is 19.4. The van der Waals surface area contributed by atoms with Crippen LogP contribution >= 0.6 is 11.8 Å². The highest BCUT2D eigenvalue weighted by Crippen LogP contribution is 2.31. The van der Waals surface area contributed by atoms with E-state index in [1.807, 2.05) is 37.3 Å². The molecule has 4 N–H and O–H groups in total. The van der Waals surface area contributed by atoms with Crippen molar-refractivity contribution < 1.29 is 33.8 Å². The Balaban J connectivity index is 1.22. The van der Waals surface area contributed by atoms with Gasteiger partial charge in [0.05, 0.1) is 23.9 Å². The van der Waals surface area contributed by atoms with Crippen molar-refractivity contribution in [2.45, 2.75) is 83.6 Å². The Kier molecular flexibility index (Phi) is 14.1. The first kappa shape index (κ1) is 41.7. The standard InChI is InChI=1S/C38H46N8O9S/c1-21-10-8-9-13-26(21)16-40-35(50)29-19-56-20-46(29)36(51)32(47)28(14-25-11-6-5-7-12-25)41-34(49)23(3)24(4)37(52)54-18-30-27(43-44-39)15-31(55-30)45-17-22(2)33(48)42-38(45)53/h5-13,17,23-24,27-32,47H,14-16,18-20H2,1-4H3,(H,40,50)(H,41,49)(H,42,48,53)/t23?,24?,27?,28-,29-,30+,31+,32-/m0/s1. The van der Waals surface area contributed by atoms with E-state index in [0.29, 0.717) is 5.75 Å². The van der Waals surface area contributed by atoms with Gasteiger partial charge in [-0.25, -0.2) is 4.79 Å². The molecule has 17 nitrogen and oxygen atoms in total. The minimum Gasteiger partial charge on any atom is -0.463 e. The van der Waals surface area contributed by atoms with Crippen LogP contribution in [0.5, 0.6) is 0 Å². The second kappa shape index (κ2) is 18.9. The minimum absolute atomic E-state index is 0.0742. The quantitative estimate of drug-likeness (QED) is 0.0758. The maximum atomic E-state index is 13.8. The topological polar surface area (TPSA) is 238 Å². The summed E-state index contributed by atoms with van der Waals surface area (Å²) in [7, 11) is 0. The third-order valence-electron chi connectivity index (χ3n) is 10.2. The Morgan fingerprint density at radius 2 is 1.79 bits per heavy atom. The molecule has 8 atom stereocenters. The molecule has 0 radical (unpaired) electrons. The maximum absolute atomic E-state index is 13.8. The summed E-state index contributed by atoms with van der Waals surface area (Å²) in [4.78, 5) is 84.7. The molecule has 0 aliphatic carbocycles. The van der Waals surface area contributed by atoms with Gasteiger partial charge in [-0.2, -0.15) is 0 Å². The van der Waals surface area contributed by atoms with E-state index >= 15 is 0 Å². The highest BCUT2D eigenvalue weighted by molar-refractivity contribution is 7.99. The lowest BCUT2D eigenvalue weighted by molar-refractivity contribution is -0.157. The summed E-state index contributed by atoms with van der Waals surface area (Å²) >= 11 is 1.38. The number of aromatic nitrogens is 2. The number of H-pyrrole nitrogens is 1. The molecule has 56 heavy (non-hydrogen) atoms. The van der Waals surface area contributed by atoms with Crippen LogP contribution < -0.4 is 21.9 Å². The molecule has 3 amide bonds. The van der Waals surface area contributed by atoms with E-state index < -0.39 is 77.4 Å². The number of thioether (sulfide) groups is 1. The number of nitrogens with one attached hydrogen (secondary N) is 3. The fourth-order valence-electron chi connectivity index (χ4n) is 6.50. The van der Waals surface area contributed by atoms with Gasteiger partial charge in [0.25, 0.3) is 11.5 Å². The highest BCUT2D eigenvalue weighted by atomic mass is 32.2. The van der Waals surface area contributed by atoms with E-state index in [9.17, 15) is 33.9 Å². The molecule has 18 heteroatoms. The predicted molar refractivity (Wildman–Crippen MR) is 206 cm³/mol. The van der Waals surface area contributed by atoms with Gasteiger partial charge < -0.3 is 30.1 Å². The summed E-state index contributed by atoms with van der Waals surface area (Å²) in [5.74, 6) is -3.93. The lowest BCUT2D eigenvalue weighted by Gasteiger charge is -2.31. The molecule has 3 aromatic rings. The maximum Gasteiger partial charge on any atom is 0.330 e. The van der Waals surface area contributed by atoms with Crippen molar-refractivity contribution in [3.8, 4) is 0 Å². The fraction of sp³-hybridized carbons (Fsp3) is 0.474. The molecular weight excluding hydrogens is 745 g/mol. The number of aryl methyl sites for hydroxylation is 2. The van der Waals surface area contributed by atoms with Crippen molar-refractivity contribution in [2.75, 3.05) is 18.2 Å². The lowest BCUT2D eigenvalue weighted by Crippen LogP contribution is -2.57. The second-order valence-electron chi connectivity index (χ2n) is 14.0. The van der Waals surface area contributed by atoms with E-state index in [2.05, 4.69) is 25.6 Å². The Morgan fingerprint density at radius 1 is 1.07 bits per heavy atom. The van der Waals surface area contributed by atoms with Crippen molar-refractivity contribution in [1.82, 2.24) is 25.1 Å². The smallest absolute Gasteiger partial charge is 0.330 e. The normalized spacial score (nSPS) is 21.3. The van der Waals surface area contributed by atoms with Crippen LogP contribution in [0.4, 0.5) is 0 Å². The first-order chi connectivity index (χ1) is 26.8. The van der Waals surface area contributed by atoms with Crippen LogP contribution in [-0.2, 0) is 41.6 Å². The van der Waals surface area contributed by atoms with Crippen LogP contribution in [0.25, 0.3) is 10.4 Å². The molecule has 2 fully saturated rings. The van der Waals surface area contributed by atoms with Gasteiger partial charge in [0, 0.05) is 41.3 Å². The van der Waals surface area contributed by atoms with Gasteiger partial charge in [-0.3, -0.25) is 33.5 Å². The molecule has 0 saturated carbocycles. The zero-order chi connectivity index (χ0) is 40.5. The third-order valence-corrected chi connectivity index (χ3v) is 11.2. The van der Waals surface area contributed by atoms with Crippen LogP contribution in [0.3, 0.4) is 0 Å². The number of carbonyl (C=O) groups is 4. The lowest BCUT2D eigenvalue weighted by atomic mass is 9.93. The number of aliphatic hydroxyl groups is 1. The Bertz CT molecular complexity index is 2070. The van der Waals surface area contributed by atoms with Crippen molar-refractivity contribution in [1.29, 1.82) is 0 Å². The second-order valence-corrected chi connectivity index (χ2v) is 15.0. The van der Waals surface area contributed by atoms with Gasteiger partial charge in [-0.1, -0.05) is 73.6 Å². The number of ether oxygens (including phenoxy) is 2. The van der Waals surface area contributed by atoms with Crippen molar-refractivity contribution in [3.63, 3.8) is 0 Å². The zero-order valence-electron chi connectivity index (χ0n) is 31.5. The molecule has 0 spiro atoms. The van der Waals surface area contributed by atoms with Gasteiger partial charge in [-0.15, -0.1) is 11.8 Å². The van der Waals surface area contributed by atoms with Gasteiger partial charge in [0.2, 0.25) is 11.8 Å². The number of amides is 3. The third kappa shape index (κ3) is 10.1. The molecule has 3 unspecified atom stereocenters. The molecule has 3 heterocycles. The average Bonchev–Trinajstić information content (AvgIpc) is 3.85. The Hall–Kier alpha value is -5.42. The summed E-state index contributed by atoms with van der Waals surface area (Å²) < 4.78 is 12.6. The van der Waals surface area contributed by atoms with Gasteiger partial charge >= 0.3 is 11.7 Å². The van der Waals surface area contributed by atoms with Crippen molar-refractivity contribution in [2.24, 2.45) is 17.0 Å². The number of carbonyl (C=O) groups excluding carboxylic acids is 4. The summed E-state index contributed by atoms with van der Waals surface area (Å²) in [6.45, 7) is 6.39. The Labute approximate surface area is 326 Å². The molecule has 2 aromatic carbocycles. The zero-order valence-corrected chi connectivity index (χ0v) is 32.3. The van der Waals surface area contributed by atoms with E-state index in [1.54, 1.807) is 24.3 Å². The van der Waals surface area contributed by atoms with E-state index in [-0.39, 0.29) is 43.3 Å². The van der Waals surface area contributed by atoms with Gasteiger partial charge in [0.15, 0.2) is 6.10 Å². The van der Waals surface area contributed by atoms with Crippen molar-refractivity contribution in [3.05, 3.63) is 114 Å². The first-order valence-electron chi connectivity index (χ1n) is 18.2. The van der Waals surface area contributed by atoms with Gasteiger partial charge in [-0.05, 0) is 42.5 Å². The van der Waals surface area contributed by atoms with Gasteiger partial charge in [0.1, 0.15) is 25.0 Å². The van der Waals surface area contributed by atoms with Crippen LogP contribution in [0.1, 0.15) is 48.8 Å². The SMILES string of the molecule is Cc1ccccc1CNC(=O)[C@@H]1CSCN1C(=O)[C@@H](O)[C@H](Cc1ccccc1)NC(=O)C(C)C(C)C(=O)OC[C@H]1O[C@@H](n2cc(C)c(=O)[nH]c2=O)CC1N=[N+]=[N-]. The molecular formula is C38H46N8O9S. The molecule has 298 valence electrons. The minimum atomic E-state index is -1.72. The molecule has 1 aromatic heterocycles.